The highest BCUT2D eigenvalue weighted by atomic mass is 16.5. The topological polar surface area (TPSA) is 29.5 Å². The van der Waals surface area contributed by atoms with Gasteiger partial charge < -0.3 is 9.84 Å². The van der Waals surface area contributed by atoms with Gasteiger partial charge in [0.15, 0.2) is 0 Å². The lowest BCUT2D eigenvalue weighted by Gasteiger charge is -2.15. The van der Waals surface area contributed by atoms with Crippen molar-refractivity contribution in [2.75, 3.05) is 7.11 Å². The van der Waals surface area contributed by atoms with Gasteiger partial charge in [-0.1, -0.05) is 42.5 Å². The average Bonchev–Trinajstić information content (AvgIpc) is 3.31. The van der Waals surface area contributed by atoms with Crippen LogP contribution in [0.1, 0.15) is 41.6 Å². The molecule has 0 radical (unpaired) electrons. The fraction of sp³-hybridized carbons (Fsp3) is 0.294. The Hall–Kier alpha value is -1.80. The van der Waals surface area contributed by atoms with Crippen LogP contribution in [0.3, 0.4) is 0 Å². The number of ether oxygens (including phenoxy) is 1. The van der Waals surface area contributed by atoms with Gasteiger partial charge in [0.1, 0.15) is 11.9 Å². The number of hydrogen-bond acceptors (Lipinski definition) is 2. The molecule has 2 heteroatoms. The summed E-state index contributed by atoms with van der Waals surface area (Å²) in [6.07, 6.45) is 1.91. The molecular weight excluding hydrogens is 236 g/mol. The molecule has 3 rings (SSSR count). The molecule has 1 saturated carbocycles. The van der Waals surface area contributed by atoms with Crippen molar-refractivity contribution in [3.8, 4) is 5.75 Å². The van der Waals surface area contributed by atoms with Crippen LogP contribution in [0.4, 0.5) is 0 Å². The Morgan fingerprint density at radius 2 is 1.89 bits per heavy atom. The average molecular weight is 254 g/mol. The number of rotatable bonds is 4. The van der Waals surface area contributed by atoms with Gasteiger partial charge in [0.05, 0.1) is 7.11 Å². The van der Waals surface area contributed by atoms with Gasteiger partial charge in [-0.15, -0.1) is 0 Å². The smallest absolute Gasteiger partial charge is 0.125 e. The standard InChI is InChI=1S/C17H18O2/c1-19-16-8-3-2-7-15(16)17(18)14-6-4-5-13(11-14)12-9-10-12/h2-8,11-12,17-18H,9-10H2,1H3. The molecule has 0 aliphatic heterocycles. The van der Waals surface area contributed by atoms with Gasteiger partial charge in [0.2, 0.25) is 0 Å². The second-order valence-corrected chi connectivity index (χ2v) is 5.09. The van der Waals surface area contributed by atoms with Crippen molar-refractivity contribution in [1.82, 2.24) is 0 Å². The summed E-state index contributed by atoms with van der Waals surface area (Å²) < 4.78 is 5.32. The van der Waals surface area contributed by atoms with E-state index in [2.05, 4.69) is 12.1 Å². The summed E-state index contributed by atoms with van der Waals surface area (Å²) in [4.78, 5) is 0. The number of aliphatic hydroxyl groups excluding tert-OH is 1. The zero-order chi connectivity index (χ0) is 13.2. The van der Waals surface area contributed by atoms with Crippen LogP contribution in [0.15, 0.2) is 48.5 Å². The molecular formula is C17H18O2. The highest BCUT2D eigenvalue weighted by molar-refractivity contribution is 5.41. The lowest BCUT2D eigenvalue weighted by molar-refractivity contribution is 0.214. The molecule has 19 heavy (non-hydrogen) atoms. The van der Waals surface area contributed by atoms with Crippen LogP contribution in [0.2, 0.25) is 0 Å². The lowest BCUT2D eigenvalue weighted by Crippen LogP contribution is -2.02. The number of methoxy groups -OCH3 is 1. The van der Waals surface area contributed by atoms with Gasteiger partial charge in [-0.2, -0.15) is 0 Å². The molecule has 0 aromatic heterocycles. The quantitative estimate of drug-likeness (QED) is 0.902. The number of benzene rings is 2. The first-order valence-electron chi connectivity index (χ1n) is 6.70. The molecule has 1 unspecified atom stereocenters. The Bertz CT molecular complexity index is 573. The van der Waals surface area contributed by atoms with Gasteiger partial charge >= 0.3 is 0 Å². The van der Waals surface area contributed by atoms with E-state index in [1.165, 1.54) is 18.4 Å². The highest BCUT2D eigenvalue weighted by Crippen LogP contribution is 2.41. The van der Waals surface area contributed by atoms with E-state index in [-0.39, 0.29) is 0 Å². The molecule has 2 aromatic rings. The number of hydrogen-bond donors (Lipinski definition) is 1. The van der Waals surface area contributed by atoms with Crippen molar-refractivity contribution in [1.29, 1.82) is 0 Å². The van der Waals surface area contributed by atoms with E-state index in [1.807, 2.05) is 36.4 Å². The molecule has 2 aromatic carbocycles. The normalized spacial score (nSPS) is 16.1. The van der Waals surface area contributed by atoms with E-state index < -0.39 is 6.10 Å². The molecule has 1 fully saturated rings. The fourth-order valence-corrected chi connectivity index (χ4v) is 2.47. The maximum Gasteiger partial charge on any atom is 0.125 e. The fourth-order valence-electron chi connectivity index (χ4n) is 2.47. The van der Waals surface area contributed by atoms with Crippen molar-refractivity contribution in [3.63, 3.8) is 0 Å². The second kappa shape index (κ2) is 5.06. The van der Waals surface area contributed by atoms with Gasteiger partial charge in [-0.05, 0) is 36.0 Å². The minimum atomic E-state index is -0.630. The van der Waals surface area contributed by atoms with E-state index in [4.69, 9.17) is 4.74 Å². The monoisotopic (exact) mass is 254 g/mol. The number of aliphatic hydroxyl groups is 1. The maximum atomic E-state index is 10.6. The number of para-hydroxylation sites is 1. The summed E-state index contributed by atoms with van der Waals surface area (Å²) >= 11 is 0. The van der Waals surface area contributed by atoms with E-state index in [1.54, 1.807) is 7.11 Å². The van der Waals surface area contributed by atoms with Crippen molar-refractivity contribution in [3.05, 3.63) is 65.2 Å². The zero-order valence-corrected chi connectivity index (χ0v) is 11.0. The van der Waals surface area contributed by atoms with Crippen LogP contribution in [-0.4, -0.2) is 12.2 Å². The molecule has 0 heterocycles. The molecule has 1 N–H and O–H groups in total. The lowest BCUT2D eigenvalue weighted by atomic mass is 9.98. The summed E-state index contributed by atoms with van der Waals surface area (Å²) in [6.45, 7) is 0. The van der Waals surface area contributed by atoms with Crippen molar-refractivity contribution in [2.24, 2.45) is 0 Å². The summed E-state index contributed by atoms with van der Waals surface area (Å²) in [7, 11) is 1.63. The van der Waals surface area contributed by atoms with E-state index >= 15 is 0 Å². The van der Waals surface area contributed by atoms with E-state index in [0.717, 1.165) is 16.9 Å². The Morgan fingerprint density at radius 3 is 2.63 bits per heavy atom. The predicted octanol–water partition coefficient (Wildman–Crippen LogP) is 3.65. The Kier molecular flexibility index (Phi) is 3.26. The molecule has 1 atom stereocenters. The van der Waals surface area contributed by atoms with Crippen LogP contribution in [0, 0.1) is 0 Å². The third-order valence-corrected chi connectivity index (χ3v) is 3.71. The van der Waals surface area contributed by atoms with Gasteiger partial charge in [0, 0.05) is 5.56 Å². The van der Waals surface area contributed by atoms with Gasteiger partial charge in [-0.3, -0.25) is 0 Å². The molecule has 1 aliphatic carbocycles. The molecule has 2 nitrogen and oxygen atoms in total. The van der Waals surface area contributed by atoms with Crippen LogP contribution >= 0.6 is 0 Å². The van der Waals surface area contributed by atoms with Crippen LogP contribution in [0.5, 0.6) is 5.75 Å². The van der Waals surface area contributed by atoms with Crippen LogP contribution < -0.4 is 4.74 Å². The Morgan fingerprint density at radius 1 is 1.11 bits per heavy atom. The minimum absolute atomic E-state index is 0.630. The van der Waals surface area contributed by atoms with Crippen molar-refractivity contribution in [2.45, 2.75) is 24.9 Å². The first-order chi connectivity index (χ1) is 9.29. The summed E-state index contributed by atoms with van der Waals surface area (Å²) in [5.74, 6) is 1.43. The van der Waals surface area contributed by atoms with Gasteiger partial charge in [-0.25, -0.2) is 0 Å². The molecule has 0 saturated heterocycles. The van der Waals surface area contributed by atoms with Crippen molar-refractivity contribution < 1.29 is 9.84 Å². The molecule has 98 valence electrons. The maximum absolute atomic E-state index is 10.6. The molecule has 0 bridgehead atoms. The molecule has 0 spiro atoms. The molecule has 1 aliphatic rings. The van der Waals surface area contributed by atoms with Crippen molar-refractivity contribution >= 4 is 0 Å². The van der Waals surface area contributed by atoms with E-state index in [9.17, 15) is 5.11 Å². The largest absolute Gasteiger partial charge is 0.496 e. The molecule has 0 amide bonds. The van der Waals surface area contributed by atoms with E-state index in [0.29, 0.717) is 5.92 Å². The SMILES string of the molecule is COc1ccccc1C(O)c1cccc(C2CC2)c1. The summed E-state index contributed by atoms with van der Waals surface area (Å²) in [5.41, 5.74) is 3.10. The highest BCUT2D eigenvalue weighted by Gasteiger charge is 2.24. The first-order valence-corrected chi connectivity index (χ1v) is 6.70. The Balaban J connectivity index is 1.94. The van der Waals surface area contributed by atoms with Crippen LogP contribution in [-0.2, 0) is 0 Å². The van der Waals surface area contributed by atoms with Gasteiger partial charge in [0.25, 0.3) is 0 Å². The third-order valence-electron chi connectivity index (χ3n) is 3.71. The summed E-state index contributed by atoms with van der Waals surface area (Å²) in [5, 5.41) is 10.6. The van der Waals surface area contributed by atoms with Crippen LogP contribution in [0.25, 0.3) is 0 Å². The zero-order valence-electron chi connectivity index (χ0n) is 11.0. The third kappa shape index (κ3) is 2.49. The first kappa shape index (κ1) is 12.2. The predicted molar refractivity (Wildman–Crippen MR) is 75.5 cm³/mol. The Labute approximate surface area is 113 Å². The minimum Gasteiger partial charge on any atom is -0.496 e. The summed E-state index contributed by atoms with van der Waals surface area (Å²) in [6, 6.07) is 15.9. The second-order valence-electron chi connectivity index (χ2n) is 5.09.